The fourth-order valence-electron chi connectivity index (χ4n) is 1.32. The third-order valence-electron chi connectivity index (χ3n) is 2.11. The van der Waals surface area contributed by atoms with Crippen LogP contribution >= 0.6 is 15.9 Å². The van der Waals surface area contributed by atoms with Crippen molar-refractivity contribution in [2.24, 2.45) is 0 Å². The Balaban J connectivity index is 0.000000861. The van der Waals surface area contributed by atoms with Crippen molar-refractivity contribution in [3.63, 3.8) is 0 Å². The van der Waals surface area contributed by atoms with Gasteiger partial charge in [0.2, 0.25) is 0 Å². The Hall–Kier alpha value is -1.50. The third-order valence-corrected chi connectivity index (χ3v) is 2.64. The lowest BCUT2D eigenvalue weighted by Gasteiger charge is -2.04. The number of hydrogen-bond donors (Lipinski definition) is 1. The average Bonchev–Trinajstić information content (AvgIpc) is 2.75. The maximum absolute atomic E-state index is 12.4. The summed E-state index contributed by atoms with van der Waals surface area (Å²) in [6.07, 6.45) is -4.56. The number of alkyl halides is 3. The Morgan fingerprint density at radius 3 is 2.11 bits per heavy atom. The van der Waals surface area contributed by atoms with E-state index >= 15 is 0 Å². The molecule has 0 atom stereocenters. The minimum absolute atomic E-state index is 0.341. The summed E-state index contributed by atoms with van der Waals surface area (Å²) in [7, 11) is 0. The number of nitrogens with zero attached hydrogens (tertiary/aromatic N) is 1. The van der Waals surface area contributed by atoms with Gasteiger partial charge >= 0.3 is 6.18 Å². The lowest BCUT2D eigenvalue weighted by atomic mass is 10.3. The summed E-state index contributed by atoms with van der Waals surface area (Å²) in [5.41, 5.74) is -1.47. The first-order valence-electron chi connectivity index (χ1n) is 5.53. The highest BCUT2D eigenvalue weighted by atomic mass is 79.9. The van der Waals surface area contributed by atoms with Gasteiger partial charge in [0, 0.05) is 10.5 Å². The number of H-pyrrole nitrogens is 1. The molecular formula is C12H12BrF3N2O. The molecule has 104 valence electrons. The zero-order valence-corrected chi connectivity index (χ0v) is 11.8. The summed E-state index contributed by atoms with van der Waals surface area (Å²) >= 11 is 3.20. The van der Waals surface area contributed by atoms with Gasteiger partial charge in [-0.3, -0.25) is 9.89 Å². The maximum atomic E-state index is 12.4. The largest absolute Gasteiger partial charge is 0.432 e. The molecule has 2 rings (SSSR count). The monoisotopic (exact) mass is 336 g/mol. The van der Waals surface area contributed by atoms with Gasteiger partial charge in [-0.1, -0.05) is 29.8 Å². The Morgan fingerprint density at radius 2 is 1.68 bits per heavy atom. The van der Waals surface area contributed by atoms with Gasteiger partial charge < -0.3 is 0 Å². The maximum Gasteiger partial charge on any atom is 0.432 e. The average molecular weight is 337 g/mol. The number of aromatic amines is 1. The molecule has 0 radical (unpaired) electrons. The van der Waals surface area contributed by atoms with Crippen LogP contribution in [0.25, 0.3) is 5.69 Å². The smallest absolute Gasteiger partial charge is 0.286 e. The van der Waals surface area contributed by atoms with E-state index in [0.29, 0.717) is 11.8 Å². The van der Waals surface area contributed by atoms with Crippen molar-refractivity contribution in [2.75, 3.05) is 0 Å². The molecule has 1 N–H and O–H groups in total. The van der Waals surface area contributed by atoms with E-state index in [1.165, 1.54) is 12.1 Å². The van der Waals surface area contributed by atoms with Crippen LogP contribution < -0.4 is 5.56 Å². The van der Waals surface area contributed by atoms with E-state index in [-0.39, 0.29) is 0 Å². The van der Waals surface area contributed by atoms with Crippen LogP contribution in [0.2, 0.25) is 0 Å². The molecule has 19 heavy (non-hydrogen) atoms. The Bertz CT molecular complexity index is 584. The molecule has 7 heteroatoms. The van der Waals surface area contributed by atoms with Crippen LogP contribution in [0.1, 0.15) is 19.5 Å². The molecule has 1 aromatic heterocycles. The van der Waals surface area contributed by atoms with E-state index in [1.807, 2.05) is 18.9 Å². The van der Waals surface area contributed by atoms with Crippen LogP contribution in [0.5, 0.6) is 0 Å². The number of nitrogens with one attached hydrogen (secondary N) is 1. The van der Waals surface area contributed by atoms with Crippen molar-refractivity contribution >= 4 is 15.9 Å². The molecule has 0 spiro atoms. The fraction of sp³-hybridized carbons (Fsp3) is 0.250. The van der Waals surface area contributed by atoms with Gasteiger partial charge in [0.25, 0.3) is 5.56 Å². The van der Waals surface area contributed by atoms with Crippen LogP contribution in [0.4, 0.5) is 13.2 Å². The topological polar surface area (TPSA) is 37.8 Å². The predicted molar refractivity (Wildman–Crippen MR) is 70.4 cm³/mol. The van der Waals surface area contributed by atoms with E-state index in [9.17, 15) is 18.0 Å². The standard InChI is InChI=1S/C10H6BrF3N2O.C2H6/c11-6-1-3-7(4-2-6)16-9(17)5-8(15-16)10(12,13)14;1-2/h1-5,15H;1-2H3. The summed E-state index contributed by atoms with van der Waals surface area (Å²) in [6, 6.07) is 6.86. The number of benzene rings is 1. The van der Waals surface area contributed by atoms with E-state index in [2.05, 4.69) is 15.9 Å². The summed E-state index contributed by atoms with van der Waals surface area (Å²) < 4.78 is 38.7. The van der Waals surface area contributed by atoms with E-state index < -0.39 is 17.4 Å². The van der Waals surface area contributed by atoms with Crippen LogP contribution in [0, 0.1) is 0 Å². The van der Waals surface area contributed by atoms with E-state index in [4.69, 9.17) is 0 Å². The van der Waals surface area contributed by atoms with Crippen molar-refractivity contribution in [1.82, 2.24) is 9.78 Å². The van der Waals surface area contributed by atoms with Crippen molar-refractivity contribution in [3.8, 4) is 5.69 Å². The van der Waals surface area contributed by atoms with Crippen molar-refractivity contribution in [2.45, 2.75) is 20.0 Å². The highest BCUT2D eigenvalue weighted by molar-refractivity contribution is 9.10. The first-order chi connectivity index (χ1) is 8.88. The van der Waals surface area contributed by atoms with Gasteiger partial charge in [-0.15, -0.1) is 0 Å². The Kier molecular flexibility index (Phi) is 4.99. The summed E-state index contributed by atoms with van der Waals surface area (Å²) in [5.74, 6) is 0. The first kappa shape index (κ1) is 15.6. The fourth-order valence-corrected chi connectivity index (χ4v) is 1.59. The molecule has 1 aromatic carbocycles. The molecule has 3 nitrogen and oxygen atoms in total. The molecule has 0 saturated carbocycles. The molecule has 0 unspecified atom stereocenters. The van der Waals surface area contributed by atoms with Gasteiger partial charge in [0.05, 0.1) is 5.69 Å². The molecule has 0 aliphatic carbocycles. The van der Waals surface area contributed by atoms with Gasteiger partial charge in [0.1, 0.15) is 5.69 Å². The van der Waals surface area contributed by atoms with Gasteiger partial charge in [-0.2, -0.15) is 13.2 Å². The zero-order chi connectivity index (χ0) is 14.6. The summed E-state index contributed by atoms with van der Waals surface area (Å²) in [5, 5.41) is 2.02. The quantitative estimate of drug-likeness (QED) is 0.840. The molecule has 0 saturated heterocycles. The predicted octanol–water partition coefficient (Wildman–Crippen LogP) is 3.97. The molecule has 0 fully saturated rings. The number of halogens is 4. The summed E-state index contributed by atoms with van der Waals surface area (Å²) in [6.45, 7) is 4.00. The lowest BCUT2D eigenvalue weighted by Crippen LogP contribution is -2.13. The van der Waals surface area contributed by atoms with Crippen LogP contribution in [0.3, 0.4) is 0 Å². The first-order valence-corrected chi connectivity index (χ1v) is 6.32. The second kappa shape index (κ2) is 6.10. The SMILES string of the molecule is CC.O=c1cc(C(F)(F)F)[nH]n1-c1ccc(Br)cc1. The minimum atomic E-state index is -4.56. The second-order valence-electron chi connectivity index (χ2n) is 3.32. The molecule has 1 heterocycles. The number of hydrogen-bond acceptors (Lipinski definition) is 1. The second-order valence-corrected chi connectivity index (χ2v) is 4.23. The van der Waals surface area contributed by atoms with Crippen molar-refractivity contribution < 1.29 is 13.2 Å². The molecule has 2 aromatic rings. The van der Waals surface area contributed by atoms with E-state index in [0.717, 1.165) is 9.15 Å². The molecule has 0 bridgehead atoms. The van der Waals surface area contributed by atoms with E-state index in [1.54, 1.807) is 12.1 Å². The Labute approximate surface area is 116 Å². The molecule has 0 aliphatic rings. The number of rotatable bonds is 1. The van der Waals surface area contributed by atoms with Crippen LogP contribution in [0.15, 0.2) is 39.6 Å². The summed E-state index contributed by atoms with van der Waals surface area (Å²) in [4.78, 5) is 11.4. The lowest BCUT2D eigenvalue weighted by molar-refractivity contribution is -0.141. The molecule has 0 aliphatic heterocycles. The minimum Gasteiger partial charge on any atom is -0.286 e. The number of aromatic nitrogens is 2. The third kappa shape index (κ3) is 3.73. The highest BCUT2D eigenvalue weighted by Crippen LogP contribution is 2.26. The Morgan fingerprint density at radius 1 is 1.16 bits per heavy atom. The normalized spacial score (nSPS) is 10.8. The van der Waals surface area contributed by atoms with Crippen LogP contribution in [-0.4, -0.2) is 9.78 Å². The van der Waals surface area contributed by atoms with Gasteiger partial charge in [-0.05, 0) is 24.3 Å². The van der Waals surface area contributed by atoms with Gasteiger partial charge in [0.15, 0.2) is 0 Å². The van der Waals surface area contributed by atoms with Crippen molar-refractivity contribution in [3.05, 3.63) is 50.9 Å². The molecular weight excluding hydrogens is 325 g/mol. The molecule has 0 amide bonds. The highest BCUT2D eigenvalue weighted by Gasteiger charge is 2.33. The van der Waals surface area contributed by atoms with Crippen molar-refractivity contribution in [1.29, 1.82) is 0 Å². The zero-order valence-electron chi connectivity index (χ0n) is 10.3. The van der Waals surface area contributed by atoms with Crippen LogP contribution in [-0.2, 0) is 6.18 Å². The van der Waals surface area contributed by atoms with Gasteiger partial charge in [-0.25, -0.2) is 4.68 Å².